The molecule has 0 spiro atoms. The Hall–Kier alpha value is -3.83. The number of alkyl halides is 3. The number of hydrogen-bond acceptors (Lipinski definition) is 7. The Labute approximate surface area is 176 Å². The summed E-state index contributed by atoms with van der Waals surface area (Å²) in [4.78, 5) is 30.7. The summed E-state index contributed by atoms with van der Waals surface area (Å²) in [6.07, 6.45) is -5.30. The zero-order valence-electron chi connectivity index (χ0n) is 16.3. The lowest BCUT2D eigenvalue weighted by Crippen LogP contribution is -2.56. The Morgan fingerprint density at radius 2 is 1.88 bits per heavy atom. The van der Waals surface area contributed by atoms with E-state index in [0.717, 1.165) is 13.2 Å². The summed E-state index contributed by atoms with van der Waals surface area (Å²) >= 11 is 0. The normalized spacial score (nSPS) is 15.8. The van der Waals surface area contributed by atoms with E-state index in [2.05, 4.69) is 14.7 Å². The van der Waals surface area contributed by atoms with E-state index in [1.807, 2.05) is 0 Å². The van der Waals surface area contributed by atoms with E-state index in [0.29, 0.717) is 6.07 Å². The molecule has 0 radical (unpaired) electrons. The zero-order valence-corrected chi connectivity index (χ0v) is 16.3. The molecule has 1 unspecified atom stereocenters. The number of benzene rings is 2. The molecule has 2 aromatic carbocycles. The van der Waals surface area contributed by atoms with Gasteiger partial charge in [0.25, 0.3) is 5.41 Å². The number of nitro benzene ring substituents is 1. The van der Waals surface area contributed by atoms with E-state index in [4.69, 9.17) is 4.74 Å². The molecule has 0 aliphatic carbocycles. The number of methoxy groups -OCH3 is 1. The van der Waals surface area contributed by atoms with Gasteiger partial charge in [0, 0.05) is 22.9 Å². The van der Waals surface area contributed by atoms with E-state index >= 15 is 0 Å². The van der Waals surface area contributed by atoms with Crippen LogP contribution in [0.2, 0.25) is 0 Å². The maximum Gasteiger partial charge on any atom is 0.419 e. The Balaban J connectivity index is 2.21. The van der Waals surface area contributed by atoms with Gasteiger partial charge in [-0.15, -0.1) is 0 Å². The Morgan fingerprint density at radius 1 is 1.19 bits per heavy atom. The number of hydrogen-bond donors (Lipinski definition) is 0. The highest BCUT2D eigenvalue weighted by molar-refractivity contribution is 6.16. The Kier molecular flexibility index (Phi) is 4.94. The predicted molar refractivity (Wildman–Crippen MR) is 104 cm³/mol. The molecule has 0 fully saturated rings. The molecule has 166 valence electrons. The maximum atomic E-state index is 14.7. The summed E-state index contributed by atoms with van der Waals surface area (Å²) in [6.45, 7) is -0.299. The quantitative estimate of drug-likeness (QED) is 0.196. The first kappa shape index (κ1) is 21.4. The topological polar surface area (TPSA) is 104 Å². The average Bonchev–Trinajstić information content (AvgIpc) is 3.27. The third kappa shape index (κ3) is 2.93. The molecule has 12 heteroatoms. The molecule has 1 aliphatic rings. The van der Waals surface area contributed by atoms with Crippen molar-refractivity contribution in [3.63, 3.8) is 0 Å². The van der Waals surface area contributed by atoms with Crippen LogP contribution in [0.15, 0.2) is 41.4 Å². The van der Waals surface area contributed by atoms with Crippen molar-refractivity contribution in [1.82, 2.24) is 4.98 Å². The molecular weight excluding hydrogens is 438 g/mol. The van der Waals surface area contributed by atoms with Gasteiger partial charge in [0.1, 0.15) is 6.61 Å². The van der Waals surface area contributed by atoms with E-state index in [-0.39, 0.29) is 34.8 Å². The minimum absolute atomic E-state index is 0.0349. The molecule has 0 saturated heterocycles. The van der Waals surface area contributed by atoms with Crippen LogP contribution < -0.4 is 0 Å². The van der Waals surface area contributed by atoms with Gasteiger partial charge < -0.3 is 9.47 Å². The number of carbonyl (C=O) groups is 1. The Bertz CT molecular complexity index is 1310. The number of ether oxygens (including phenoxy) is 2. The molecule has 4 rings (SSSR count). The van der Waals surface area contributed by atoms with Gasteiger partial charge in [0.05, 0.1) is 29.8 Å². The van der Waals surface area contributed by atoms with Gasteiger partial charge in [-0.2, -0.15) is 17.6 Å². The number of rotatable bonds is 4. The lowest BCUT2D eigenvalue weighted by Gasteiger charge is -2.32. The number of fused-ring (bicyclic) bond motifs is 3. The summed E-state index contributed by atoms with van der Waals surface area (Å²) in [5.41, 5.74) is -5.54. The molecular formula is C20H13F4N3O5. The number of esters is 1. The fraction of sp³-hybridized carbons (Fsp3) is 0.250. The second-order valence-electron chi connectivity index (χ2n) is 6.86. The number of aromatic nitrogens is 1. The highest BCUT2D eigenvalue weighted by atomic mass is 19.4. The number of aliphatic imine (C=N–C) groups is 1. The van der Waals surface area contributed by atoms with Crippen LogP contribution in [0, 0.1) is 15.9 Å². The summed E-state index contributed by atoms with van der Waals surface area (Å²) in [7, 11) is 0.782. The van der Waals surface area contributed by atoms with Crippen molar-refractivity contribution >= 4 is 39.2 Å². The maximum absolute atomic E-state index is 14.7. The molecule has 32 heavy (non-hydrogen) atoms. The van der Waals surface area contributed by atoms with E-state index in [9.17, 15) is 32.5 Å². The van der Waals surface area contributed by atoms with Crippen molar-refractivity contribution in [3.8, 4) is 0 Å². The number of nitro groups is 1. The predicted octanol–water partition coefficient (Wildman–Crippen LogP) is 3.84. The molecule has 1 aliphatic heterocycles. The third-order valence-corrected chi connectivity index (χ3v) is 5.14. The van der Waals surface area contributed by atoms with Gasteiger partial charge in [0.15, 0.2) is 0 Å². The number of carbonyl (C=O) groups excluding carboxylic acids is 1. The number of pyridine rings is 1. The number of halogens is 4. The third-order valence-electron chi connectivity index (χ3n) is 5.14. The summed E-state index contributed by atoms with van der Waals surface area (Å²) < 4.78 is 67.9. The van der Waals surface area contributed by atoms with Gasteiger partial charge in [-0.3, -0.25) is 19.9 Å². The summed E-state index contributed by atoms with van der Waals surface area (Å²) in [5, 5.41) is 11.1. The van der Waals surface area contributed by atoms with Crippen molar-refractivity contribution in [3.05, 3.63) is 58.0 Å². The molecule has 2 heterocycles. The standard InChI is InChI=1S/C20H13F4N3O5/c1-31-18(28)19(20(22,23)24,17-25-6-7-32-17)16-11-5-3-2-4-10(11)12-8-15(27(29)30)13(21)9-14(12)26-16/h2-5,8-9H,6-7H2,1H3. The molecule has 1 atom stereocenters. The van der Waals surface area contributed by atoms with Crippen molar-refractivity contribution in [2.75, 3.05) is 20.3 Å². The SMILES string of the molecule is COC(=O)C(C1=NCCO1)(c1nc2cc(F)c([N+](=O)[O-])cc2c2ccccc12)C(F)(F)F. The van der Waals surface area contributed by atoms with Crippen molar-refractivity contribution in [1.29, 1.82) is 0 Å². The van der Waals surface area contributed by atoms with Crippen LogP contribution in [-0.2, 0) is 19.7 Å². The van der Waals surface area contributed by atoms with Crippen LogP contribution in [0.1, 0.15) is 5.69 Å². The van der Waals surface area contributed by atoms with E-state index in [1.54, 1.807) is 0 Å². The second kappa shape index (κ2) is 7.39. The number of nitrogens with zero attached hydrogens (tertiary/aromatic N) is 3. The van der Waals surface area contributed by atoms with Crippen LogP contribution >= 0.6 is 0 Å². The highest BCUT2D eigenvalue weighted by Gasteiger charge is 2.70. The van der Waals surface area contributed by atoms with Crippen LogP contribution in [-0.4, -0.2) is 48.2 Å². The molecule has 0 amide bonds. The van der Waals surface area contributed by atoms with Crippen LogP contribution in [0.25, 0.3) is 21.7 Å². The Morgan fingerprint density at radius 3 is 2.44 bits per heavy atom. The van der Waals surface area contributed by atoms with Gasteiger partial charge in [-0.1, -0.05) is 24.3 Å². The minimum atomic E-state index is -5.30. The molecule has 3 aromatic rings. The smallest absolute Gasteiger partial charge is 0.419 e. The van der Waals surface area contributed by atoms with Crippen LogP contribution in [0.4, 0.5) is 23.2 Å². The van der Waals surface area contributed by atoms with Gasteiger partial charge in [0.2, 0.25) is 11.7 Å². The monoisotopic (exact) mass is 451 g/mol. The first-order valence-electron chi connectivity index (χ1n) is 9.12. The summed E-state index contributed by atoms with van der Waals surface area (Å²) in [6, 6.07) is 7.09. The molecule has 0 N–H and O–H groups in total. The van der Waals surface area contributed by atoms with Gasteiger partial charge in [-0.25, -0.2) is 4.98 Å². The molecule has 0 bridgehead atoms. The highest BCUT2D eigenvalue weighted by Crippen LogP contribution is 2.47. The zero-order chi connectivity index (χ0) is 23.3. The fourth-order valence-corrected chi connectivity index (χ4v) is 3.76. The first-order valence-corrected chi connectivity index (χ1v) is 9.12. The van der Waals surface area contributed by atoms with E-state index < -0.39 is 45.6 Å². The largest absolute Gasteiger partial charge is 0.478 e. The fourth-order valence-electron chi connectivity index (χ4n) is 3.76. The first-order chi connectivity index (χ1) is 15.1. The second-order valence-corrected chi connectivity index (χ2v) is 6.86. The van der Waals surface area contributed by atoms with Crippen LogP contribution in [0.5, 0.6) is 0 Å². The van der Waals surface area contributed by atoms with Crippen LogP contribution in [0.3, 0.4) is 0 Å². The molecule has 0 saturated carbocycles. The minimum Gasteiger partial charge on any atom is -0.478 e. The summed E-state index contributed by atoms with van der Waals surface area (Å²) in [5.74, 6) is -3.96. The van der Waals surface area contributed by atoms with Crippen molar-refractivity contribution < 1.29 is 36.8 Å². The van der Waals surface area contributed by atoms with Crippen molar-refractivity contribution in [2.45, 2.75) is 11.6 Å². The lowest BCUT2D eigenvalue weighted by molar-refractivity contribution is -0.387. The van der Waals surface area contributed by atoms with E-state index in [1.165, 1.54) is 24.3 Å². The lowest BCUT2D eigenvalue weighted by atomic mass is 9.79. The molecule has 1 aromatic heterocycles. The molecule has 8 nitrogen and oxygen atoms in total. The van der Waals surface area contributed by atoms with Gasteiger partial charge >= 0.3 is 17.8 Å². The average molecular weight is 451 g/mol. The van der Waals surface area contributed by atoms with Crippen molar-refractivity contribution in [2.24, 2.45) is 4.99 Å². The van der Waals surface area contributed by atoms with Gasteiger partial charge in [-0.05, 0) is 5.39 Å².